The number of halogens is 4. The summed E-state index contributed by atoms with van der Waals surface area (Å²) in [4.78, 5) is 12.2. The number of methoxy groups -OCH3 is 1. The smallest absolute Gasteiger partial charge is 0.417 e. The average molecular weight is 514 g/mol. The molecular weight excluding hydrogens is 495 g/mol. The lowest BCUT2D eigenvalue weighted by molar-refractivity contribution is -0.137. The van der Waals surface area contributed by atoms with E-state index in [0.717, 1.165) is 34.1 Å². The molecule has 0 aliphatic carbocycles. The topological polar surface area (TPSA) is 119 Å². The van der Waals surface area contributed by atoms with E-state index in [0.29, 0.717) is 11.5 Å². The van der Waals surface area contributed by atoms with Crippen LogP contribution in [-0.2, 0) is 11.0 Å². The fourth-order valence-corrected chi connectivity index (χ4v) is 3.53. The van der Waals surface area contributed by atoms with E-state index in [1.165, 1.54) is 6.07 Å². The van der Waals surface area contributed by atoms with Crippen LogP contribution >= 0.6 is 23.4 Å². The summed E-state index contributed by atoms with van der Waals surface area (Å²) >= 11 is 6.53. The molecule has 4 N–H and O–H groups in total. The molecule has 1 heterocycles. The van der Waals surface area contributed by atoms with Crippen LogP contribution in [0.1, 0.15) is 18.1 Å². The molecule has 180 valence electrons. The second kappa shape index (κ2) is 10.7. The van der Waals surface area contributed by atoms with Crippen molar-refractivity contribution in [3.63, 3.8) is 0 Å². The SMILES string of the molecule is COc1cccc(/C(C)=N/Nc2nnc(SCC(=O)Nc3ccc(Cl)c(C(F)(F)F)c3)n2N)c1. The molecule has 3 aromatic rings. The zero-order valence-corrected chi connectivity index (χ0v) is 19.4. The van der Waals surface area contributed by atoms with Gasteiger partial charge in [-0.25, -0.2) is 10.1 Å². The highest BCUT2D eigenvalue weighted by atomic mass is 35.5. The largest absolute Gasteiger partial charge is 0.497 e. The molecule has 0 saturated carbocycles. The van der Waals surface area contributed by atoms with E-state index in [4.69, 9.17) is 22.2 Å². The third kappa shape index (κ3) is 6.32. The summed E-state index contributed by atoms with van der Waals surface area (Å²) in [5, 5.41) is 14.1. The fourth-order valence-electron chi connectivity index (χ4n) is 2.65. The van der Waals surface area contributed by atoms with Crippen LogP contribution in [0.3, 0.4) is 0 Å². The number of amides is 1. The number of rotatable bonds is 8. The Morgan fingerprint density at radius 1 is 1.26 bits per heavy atom. The van der Waals surface area contributed by atoms with Gasteiger partial charge in [-0.2, -0.15) is 18.3 Å². The minimum absolute atomic E-state index is 0.0405. The zero-order valence-electron chi connectivity index (χ0n) is 17.9. The molecule has 1 aromatic heterocycles. The lowest BCUT2D eigenvalue weighted by Crippen LogP contribution is -2.17. The van der Waals surface area contributed by atoms with Gasteiger partial charge in [0.25, 0.3) is 5.95 Å². The van der Waals surface area contributed by atoms with Gasteiger partial charge in [0.05, 0.1) is 29.2 Å². The van der Waals surface area contributed by atoms with E-state index in [9.17, 15) is 18.0 Å². The molecule has 0 radical (unpaired) electrons. The van der Waals surface area contributed by atoms with Crippen LogP contribution in [0.15, 0.2) is 52.7 Å². The number of thioether (sulfide) groups is 1. The van der Waals surface area contributed by atoms with Crippen molar-refractivity contribution in [3.05, 3.63) is 58.6 Å². The molecule has 0 saturated heterocycles. The number of nitrogens with one attached hydrogen (secondary N) is 2. The molecule has 3 rings (SSSR count). The number of hydrazone groups is 1. The van der Waals surface area contributed by atoms with Gasteiger partial charge in [0, 0.05) is 11.3 Å². The second-order valence-electron chi connectivity index (χ2n) is 6.75. The summed E-state index contributed by atoms with van der Waals surface area (Å²) in [6.45, 7) is 1.78. The molecule has 0 bridgehead atoms. The van der Waals surface area contributed by atoms with Crippen LogP contribution in [-0.4, -0.2) is 39.4 Å². The van der Waals surface area contributed by atoms with Gasteiger partial charge < -0.3 is 15.9 Å². The lowest BCUT2D eigenvalue weighted by atomic mass is 10.1. The number of ether oxygens (including phenoxy) is 1. The number of hydrogen-bond acceptors (Lipinski definition) is 8. The summed E-state index contributed by atoms with van der Waals surface area (Å²) in [7, 11) is 1.56. The number of nitrogens with zero attached hydrogens (tertiary/aromatic N) is 4. The highest BCUT2D eigenvalue weighted by Gasteiger charge is 2.33. The Labute approximate surface area is 201 Å². The van der Waals surface area contributed by atoms with Crippen molar-refractivity contribution in [3.8, 4) is 5.75 Å². The molecule has 0 atom stereocenters. The molecule has 1 amide bonds. The first kappa shape index (κ1) is 25.2. The summed E-state index contributed by atoms with van der Waals surface area (Å²) in [6.07, 6.45) is -4.64. The summed E-state index contributed by atoms with van der Waals surface area (Å²) in [6, 6.07) is 10.4. The van der Waals surface area contributed by atoms with Gasteiger partial charge in [0.1, 0.15) is 5.75 Å². The maximum atomic E-state index is 13.0. The zero-order chi connectivity index (χ0) is 24.9. The highest BCUT2D eigenvalue weighted by molar-refractivity contribution is 7.99. The van der Waals surface area contributed by atoms with Gasteiger partial charge in [-0.3, -0.25) is 4.79 Å². The Balaban J connectivity index is 1.59. The summed E-state index contributed by atoms with van der Waals surface area (Å²) < 4.78 is 45.2. The summed E-state index contributed by atoms with van der Waals surface area (Å²) in [5.74, 6) is 6.01. The number of benzene rings is 2. The third-order valence-corrected chi connectivity index (χ3v) is 5.64. The molecular formula is C20H19ClF3N7O2S. The van der Waals surface area contributed by atoms with E-state index < -0.39 is 22.7 Å². The number of aromatic nitrogens is 3. The third-order valence-electron chi connectivity index (χ3n) is 4.36. The van der Waals surface area contributed by atoms with E-state index in [2.05, 4.69) is 26.0 Å². The van der Waals surface area contributed by atoms with Crippen LogP contribution in [0.2, 0.25) is 5.02 Å². The van der Waals surface area contributed by atoms with Gasteiger partial charge in [-0.15, -0.1) is 10.2 Å². The molecule has 14 heteroatoms. The Kier molecular flexibility index (Phi) is 7.89. The number of nitrogen functional groups attached to an aromatic ring is 1. The Bertz CT molecular complexity index is 1220. The molecule has 0 fully saturated rings. The first-order chi connectivity index (χ1) is 16.1. The van der Waals surface area contributed by atoms with Crippen LogP contribution in [0.4, 0.5) is 24.8 Å². The summed E-state index contributed by atoms with van der Waals surface area (Å²) in [5.41, 5.74) is 3.07. The number of alkyl halides is 3. The predicted molar refractivity (Wildman–Crippen MR) is 125 cm³/mol. The maximum Gasteiger partial charge on any atom is 0.417 e. The number of carbonyl (C=O) groups excluding carboxylic acids is 1. The van der Waals surface area contributed by atoms with Crippen molar-refractivity contribution in [2.75, 3.05) is 29.4 Å². The molecule has 34 heavy (non-hydrogen) atoms. The Morgan fingerprint density at radius 3 is 2.74 bits per heavy atom. The molecule has 2 aromatic carbocycles. The minimum atomic E-state index is -4.64. The van der Waals surface area contributed by atoms with Gasteiger partial charge in [0.2, 0.25) is 11.1 Å². The number of hydrogen-bond donors (Lipinski definition) is 3. The van der Waals surface area contributed by atoms with Gasteiger partial charge in [-0.05, 0) is 37.3 Å². The second-order valence-corrected chi connectivity index (χ2v) is 8.10. The van der Waals surface area contributed by atoms with E-state index in [1.54, 1.807) is 14.0 Å². The van der Waals surface area contributed by atoms with Crippen molar-refractivity contribution in [1.29, 1.82) is 0 Å². The molecule has 0 unspecified atom stereocenters. The standard InChI is InChI=1S/C20H19ClF3N7O2S/c1-11(12-4-3-5-14(8-12)33-2)27-28-18-29-30-19(31(18)25)34-10-17(32)26-13-6-7-16(21)15(9-13)20(22,23)24/h3-9H,10,25H2,1-2H3,(H,26,32)(H,28,29)/b27-11+. The molecule has 0 spiro atoms. The van der Waals surface area contributed by atoms with Crippen molar-refractivity contribution in [2.45, 2.75) is 18.3 Å². The van der Waals surface area contributed by atoms with E-state index in [1.807, 2.05) is 24.3 Å². The van der Waals surface area contributed by atoms with Gasteiger partial charge >= 0.3 is 6.18 Å². The first-order valence-electron chi connectivity index (χ1n) is 9.53. The fraction of sp³-hybridized carbons (Fsp3) is 0.200. The normalized spacial score (nSPS) is 11.9. The number of anilines is 2. The highest BCUT2D eigenvalue weighted by Crippen LogP contribution is 2.36. The maximum absolute atomic E-state index is 13.0. The Morgan fingerprint density at radius 2 is 2.03 bits per heavy atom. The van der Waals surface area contributed by atoms with Crippen molar-refractivity contribution in [2.24, 2.45) is 5.10 Å². The molecule has 9 nitrogen and oxygen atoms in total. The van der Waals surface area contributed by atoms with Crippen LogP contribution in [0.5, 0.6) is 5.75 Å². The van der Waals surface area contributed by atoms with E-state index in [-0.39, 0.29) is 22.5 Å². The lowest BCUT2D eigenvalue weighted by Gasteiger charge is -2.11. The molecule has 0 aliphatic heterocycles. The van der Waals surface area contributed by atoms with Gasteiger partial charge in [-0.1, -0.05) is 35.5 Å². The quantitative estimate of drug-likeness (QED) is 0.178. The van der Waals surface area contributed by atoms with E-state index >= 15 is 0 Å². The average Bonchev–Trinajstić information content (AvgIpc) is 3.15. The van der Waals surface area contributed by atoms with Crippen molar-refractivity contribution < 1.29 is 22.7 Å². The Hall–Kier alpha value is -3.45. The van der Waals surface area contributed by atoms with Crippen molar-refractivity contribution in [1.82, 2.24) is 14.9 Å². The number of nitrogens with two attached hydrogens (primary N) is 1. The first-order valence-corrected chi connectivity index (χ1v) is 10.9. The van der Waals surface area contributed by atoms with Gasteiger partial charge in [0.15, 0.2) is 0 Å². The predicted octanol–water partition coefficient (Wildman–Crippen LogP) is 4.24. The number of carbonyl (C=O) groups is 1. The van der Waals surface area contributed by atoms with Crippen LogP contribution in [0.25, 0.3) is 0 Å². The minimum Gasteiger partial charge on any atom is -0.497 e. The monoisotopic (exact) mass is 513 g/mol. The van der Waals surface area contributed by atoms with Crippen LogP contribution in [0, 0.1) is 0 Å². The van der Waals surface area contributed by atoms with Crippen molar-refractivity contribution >= 4 is 46.6 Å². The van der Waals surface area contributed by atoms with Crippen LogP contribution < -0.4 is 21.3 Å². The molecule has 0 aliphatic rings.